The lowest BCUT2D eigenvalue weighted by molar-refractivity contribution is -0.710. The van der Waals surface area contributed by atoms with Gasteiger partial charge in [0.15, 0.2) is 5.76 Å². The molecule has 7 heteroatoms. The molecule has 0 unspecified atom stereocenters. The second kappa shape index (κ2) is 7.70. The van der Waals surface area contributed by atoms with Crippen LogP contribution in [-0.2, 0) is 16.6 Å². The minimum Gasteiger partial charge on any atom is -0.463 e. The first kappa shape index (κ1) is 17.5. The maximum Gasteiger partial charge on any atom is 0.241 e. The largest absolute Gasteiger partial charge is 0.463 e. The quantitative estimate of drug-likeness (QED) is 0.820. The Morgan fingerprint density at radius 3 is 2.62 bits per heavy atom. The number of benzene rings is 1. The van der Waals surface area contributed by atoms with Gasteiger partial charge in [0.1, 0.15) is 12.6 Å². The third kappa shape index (κ3) is 4.39. The van der Waals surface area contributed by atoms with Gasteiger partial charge in [-0.2, -0.15) is 0 Å². The molecular formula is C17H22ClN2O3S+. The standard InChI is InChI=1S/C17H21ClN2O3S/c18-13-7-9-15(10-8-13)24(21,22)20-17-6-2-1-5-16(17)19-12-14-4-3-11-23-14/h3-4,7-11,16-17,19-20H,1-2,5-6,12H2/p+1/t16-,17-/m1/s1. The summed E-state index contributed by atoms with van der Waals surface area (Å²) in [5, 5.41) is 2.70. The molecule has 1 aliphatic carbocycles. The molecule has 2 aromatic rings. The first-order valence-corrected chi connectivity index (χ1v) is 10.0. The van der Waals surface area contributed by atoms with Gasteiger partial charge in [-0.05, 0) is 49.2 Å². The third-order valence-corrected chi connectivity index (χ3v) is 6.21. The molecule has 1 fully saturated rings. The second-order valence-electron chi connectivity index (χ2n) is 6.15. The van der Waals surface area contributed by atoms with Crippen LogP contribution >= 0.6 is 11.6 Å². The fraction of sp³-hybridized carbons (Fsp3) is 0.412. The van der Waals surface area contributed by atoms with Crippen LogP contribution in [0.4, 0.5) is 0 Å². The van der Waals surface area contributed by atoms with E-state index >= 15 is 0 Å². The van der Waals surface area contributed by atoms with Crippen LogP contribution in [0.5, 0.6) is 0 Å². The molecule has 24 heavy (non-hydrogen) atoms. The molecule has 0 amide bonds. The first-order chi connectivity index (χ1) is 11.5. The average Bonchev–Trinajstić information content (AvgIpc) is 3.07. The van der Waals surface area contributed by atoms with Crippen LogP contribution in [0, 0.1) is 0 Å². The average molecular weight is 370 g/mol. The Bertz CT molecular complexity index is 745. The van der Waals surface area contributed by atoms with E-state index < -0.39 is 10.0 Å². The number of halogens is 1. The zero-order valence-corrected chi connectivity index (χ0v) is 14.9. The highest BCUT2D eigenvalue weighted by atomic mass is 35.5. The van der Waals surface area contributed by atoms with Gasteiger partial charge in [0.25, 0.3) is 0 Å². The Labute approximate surface area is 147 Å². The van der Waals surface area contributed by atoms with Gasteiger partial charge in [-0.25, -0.2) is 13.1 Å². The van der Waals surface area contributed by atoms with Crippen molar-refractivity contribution in [1.29, 1.82) is 0 Å². The molecule has 0 saturated heterocycles. The summed E-state index contributed by atoms with van der Waals surface area (Å²) in [6.07, 6.45) is 5.67. The minimum atomic E-state index is -3.53. The van der Waals surface area contributed by atoms with Gasteiger partial charge >= 0.3 is 0 Å². The number of nitrogens with one attached hydrogen (secondary N) is 1. The smallest absolute Gasteiger partial charge is 0.241 e. The summed E-state index contributed by atoms with van der Waals surface area (Å²) in [6.45, 7) is 0.719. The number of rotatable bonds is 6. The normalized spacial score (nSPS) is 21.7. The van der Waals surface area contributed by atoms with E-state index in [0.717, 1.165) is 38.0 Å². The Morgan fingerprint density at radius 1 is 1.17 bits per heavy atom. The van der Waals surface area contributed by atoms with Crippen molar-refractivity contribution in [1.82, 2.24) is 4.72 Å². The lowest BCUT2D eigenvalue weighted by Crippen LogP contribution is -2.92. The molecule has 1 aromatic carbocycles. The van der Waals surface area contributed by atoms with Crippen LogP contribution in [0.15, 0.2) is 52.0 Å². The number of sulfonamides is 1. The molecule has 1 heterocycles. The van der Waals surface area contributed by atoms with Gasteiger partial charge in [-0.3, -0.25) is 0 Å². The zero-order valence-electron chi connectivity index (χ0n) is 13.3. The summed E-state index contributed by atoms with van der Waals surface area (Å²) in [6, 6.07) is 10.2. The fourth-order valence-electron chi connectivity index (χ4n) is 3.17. The lowest BCUT2D eigenvalue weighted by Gasteiger charge is -2.29. The van der Waals surface area contributed by atoms with Gasteiger partial charge in [-0.15, -0.1) is 0 Å². The van der Waals surface area contributed by atoms with Crippen LogP contribution in [0.1, 0.15) is 31.4 Å². The molecule has 130 valence electrons. The summed E-state index contributed by atoms with van der Waals surface area (Å²) in [5.41, 5.74) is 0. The topological polar surface area (TPSA) is 75.9 Å². The molecule has 1 aliphatic rings. The van der Waals surface area contributed by atoms with Crippen molar-refractivity contribution in [3.63, 3.8) is 0 Å². The van der Waals surface area contributed by atoms with Crippen LogP contribution < -0.4 is 10.0 Å². The Kier molecular flexibility index (Phi) is 5.61. The van der Waals surface area contributed by atoms with Gasteiger partial charge in [0, 0.05) is 11.4 Å². The summed E-state index contributed by atoms with van der Waals surface area (Å²) < 4.78 is 33.4. The van der Waals surface area contributed by atoms with Crippen molar-refractivity contribution in [2.24, 2.45) is 0 Å². The molecule has 1 saturated carbocycles. The fourth-order valence-corrected chi connectivity index (χ4v) is 4.61. The molecule has 0 radical (unpaired) electrons. The molecule has 0 spiro atoms. The van der Waals surface area contributed by atoms with Crippen molar-refractivity contribution in [3.05, 3.63) is 53.4 Å². The summed E-state index contributed by atoms with van der Waals surface area (Å²) in [4.78, 5) is 0.252. The SMILES string of the molecule is O=S(=O)(N[C@@H]1CCCC[C@H]1[NH2+]Cc1ccco1)c1ccc(Cl)cc1. The highest BCUT2D eigenvalue weighted by Gasteiger charge is 2.32. The lowest BCUT2D eigenvalue weighted by atomic mass is 9.91. The van der Waals surface area contributed by atoms with E-state index in [-0.39, 0.29) is 17.0 Å². The summed E-state index contributed by atoms with van der Waals surface area (Å²) in [5.74, 6) is 0.903. The maximum absolute atomic E-state index is 12.6. The van der Waals surface area contributed by atoms with E-state index in [0.29, 0.717) is 5.02 Å². The summed E-state index contributed by atoms with van der Waals surface area (Å²) >= 11 is 5.84. The van der Waals surface area contributed by atoms with Crippen molar-refractivity contribution in [2.75, 3.05) is 0 Å². The molecule has 3 N–H and O–H groups in total. The van der Waals surface area contributed by atoms with E-state index in [2.05, 4.69) is 10.0 Å². The Morgan fingerprint density at radius 2 is 1.92 bits per heavy atom. The van der Waals surface area contributed by atoms with E-state index in [1.54, 1.807) is 18.4 Å². The van der Waals surface area contributed by atoms with E-state index in [1.165, 1.54) is 12.1 Å². The second-order valence-corrected chi connectivity index (χ2v) is 8.30. The Balaban J connectivity index is 1.67. The maximum atomic E-state index is 12.6. The molecule has 2 atom stereocenters. The number of furan rings is 1. The number of quaternary nitrogens is 1. The van der Waals surface area contributed by atoms with Gasteiger partial charge < -0.3 is 9.73 Å². The van der Waals surface area contributed by atoms with Crippen LogP contribution in [0.25, 0.3) is 0 Å². The predicted molar refractivity (Wildman–Crippen MR) is 92.2 cm³/mol. The van der Waals surface area contributed by atoms with Crippen LogP contribution in [0.3, 0.4) is 0 Å². The van der Waals surface area contributed by atoms with Gasteiger partial charge in [0.2, 0.25) is 10.0 Å². The number of nitrogens with two attached hydrogens (primary N) is 1. The molecule has 5 nitrogen and oxygen atoms in total. The van der Waals surface area contributed by atoms with Gasteiger partial charge in [-0.1, -0.05) is 18.0 Å². The predicted octanol–water partition coefficient (Wildman–Crippen LogP) is 2.29. The van der Waals surface area contributed by atoms with Crippen molar-refractivity contribution in [2.45, 2.75) is 49.2 Å². The highest BCUT2D eigenvalue weighted by molar-refractivity contribution is 7.89. The molecule has 3 rings (SSSR count). The highest BCUT2D eigenvalue weighted by Crippen LogP contribution is 2.20. The van der Waals surface area contributed by atoms with Crippen molar-refractivity contribution < 1.29 is 18.2 Å². The van der Waals surface area contributed by atoms with E-state index in [4.69, 9.17) is 16.0 Å². The van der Waals surface area contributed by atoms with E-state index in [9.17, 15) is 8.42 Å². The number of hydrogen-bond donors (Lipinski definition) is 2. The monoisotopic (exact) mass is 369 g/mol. The Hall–Kier alpha value is -1.34. The van der Waals surface area contributed by atoms with E-state index in [1.807, 2.05) is 12.1 Å². The molecule has 0 bridgehead atoms. The summed E-state index contributed by atoms with van der Waals surface area (Å²) in [7, 11) is -3.53. The van der Waals surface area contributed by atoms with Crippen molar-refractivity contribution in [3.8, 4) is 0 Å². The van der Waals surface area contributed by atoms with Crippen molar-refractivity contribution >= 4 is 21.6 Å². The third-order valence-electron chi connectivity index (χ3n) is 4.45. The van der Waals surface area contributed by atoms with Gasteiger partial charge in [0.05, 0.1) is 17.2 Å². The minimum absolute atomic E-state index is 0.0746. The zero-order chi connectivity index (χ0) is 17.0. The molecule has 1 aromatic heterocycles. The van der Waals surface area contributed by atoms with Crippen LogP contribution in [0.2, 0.25) is 5.02 Å². The molecule has 0 aliphatic heterocycles. The molecular weight excluding hydrogens is 348 g/mol. The first-order valence-electron chi connectivity index (χ1n) is 8.18. The number of hydrogen-bond acceptors (Lipinski definition) is 3. The van der Waals surface area contributed by atoms with Crippen LogP contribution in [-0.4, -0.2) is 20.5 Å².